The van der Waals surface area contributed by atoms with Crippen molar-refractivity contribution in [2.75, 3.05) is 0 Å². The molecule has 0 bridgehead atoms. The average molecular weight is 437 g/mol. The van der Waals surface area contributed by atoms with Crippen LogP contribution in [0.1, 0.15) is 90.5 Å². The molecule has 4 aliphatic carbocycles. The zero-order chi connectivity index (χ0) is 22.6. The van der Waals surface area contributed by atoms with Crippen molar-refractivity contribution in [1.29, 1.82) is 0 Å². The Bertz CT molecular complexity index is 842. The molecule has 1 aromatic rings. The van der Waals surface area contributed by atoms with E-state index in [4.69, 9.17) is 0 Å². The van der Waals surface area contributed by atoms with Crippen LogP contribution in [0.15, 0.2) is 42.0 Å². The summed E-state index contributed by atoms with van der Waals surface area (Å²) in [4.78, 5) is 0. The van der Waals surface area contributed by atoms with E-state index < -0.39 is 5.60 Å². The zero-order valence-electron chi connectivity index (χ0n) is 20.5. The van der Waals surface area contributed by atoms with Gasteiger partial charge in [0.2, 0.25) is 0 Å². The first-order valence-corrected chi connectivity index (χ1v) is 13.4. The SMILES string of the molecule is C[C@]12CC[C@H]3[C@@H](CC=C4C[C@@H](O)CC[C@@]43C)[C@@H]1CC[C@@H]2[C@@](C)(O)CCCc1ccccc1. The normalized spacial score (nSPS) is 42.9. The third kappa shape index (κ3) is 3.70. The molecule has 2 N–H and O–H groups in total. The maximum Gasteiger partial charge on any atom is 0.0653 e. The monoisotopic (exact) mass is 436 g/mol. The molecule has 1 aromatic carbocycles. The molecule has 0 aliphatic heterocycles. The number of allylic oxidation sites excluding steroid dienone is 1. The molecular weight excluding hydrogens is 392 g/mol. The summed E-state index contributed by atoms with van der Waals surface area (Å²) in [6.45, 7) is 7.19. The van der Waals surface area contributed by atoms with Crippen molar-refractivity contribution in [2.24, 2.45) is 34.5 Å². The molecule has 2 heteroatoms. The van der Waals surface area contributed by atoms with Crippen molar-refractivity contribution in [2.45, 2.75) is 103 Å². The van der Waals surface area contributed by atoms with Gasteiger partial charge >= 0.3 is 0 Å². The van der Waals surface area contributed by atoms with E-state index >= 15 is 0 Å². The van der Waals surface area contributed by atoms with Crippen LogP contribution >= 0.6 is 0 Å². The lowest BCUT2D eigenvalue weighted by Crippen LogP contribution is -2.53. The Morgan fingerprint density at radius 2 is 1.78 bits per heavy atom. The molecule has 0 spiro atoms. The molecule has 176 valence electrons. The van der Waals surface area contributed by atoms with E-state index in [0.717, 1.165) is 56.3 Å². The Balaban J connectivity index is 1.30. The zero-order valence-corrected chi connectivity index (χ0v) is 20.5. The van der Waals surface area contributed by atoms with E-state index in [1.807, 2.05) is 0 Å². The average Bonchev–Trinajstić information content (AvgIpc) is 3.13. The minimum atomic E-state index is -0.570. The number of aliphatic hydroxyl groups excluding tert-OH is 1. The van der Waals surface area contributed by atoms with Gasteiger partial charge in [0.25, 0.3) is 0 Å². The number of rotatable bonds is 5. The number of aliphatic hydroxyl groups is 2. The summed E-state index contributed by atoms with van der Waals surface area (Å²) in [6.07, 6.45) is 14.7. The van der Waals surface area contributed by atoms with Gasteiger partial charge in [-0.2, -0.15) is 0 Å². The van der Waals surface area contributed by atoms with Gasteiger partial charge in [-0.3, -0.25) is 0 Å². The van der Waals surface area contributed by atoms with Gasteiger partial charge in [0.1, 0.15) is 0 Å². The van der Waals surface area contributed by atoms with Crippen LogP contribution in [0.4, 0.5) is 0 Å². The quantitative estimate of drug-likeness (QED) is 0.504. The van der Waals surface area contributed by atoms with Gasteiger partial charge in [0.05, 0.1) is 11.7 Å². The minimum Gasteiger partial charge on any atom is -0.393 e. The first-order valence-electron chi connectivity index (χ1n) is 13.4. The summed E-state index contributed by atoms with van der Waals surface area (Å²) in [7, 11) is 0. The van der Waals surface area contributed by atoms with Crippen LogP contribution in [0, 0.1) is 34.5 Å². The van der Waals surface area contributed by atoms with Crippen molar-refractivity contribution in [1.82, 2.24) is 0 Å². The van der Waals surface area contributed by atoms with Crippen LogP contribution in [0.2, 0.25) is 0 Å². The number of aryl methyl sites for hydroxylation is 1. The maximum absolute atomic E-state index is 11.7. The fourth-order valence-electron chi connectivity index (χ4n) is 9.13. The summed E-state index contributed by atoms with van der Waals surface area (Å²) >= 11 is 0. The van der Waals surface area contributed by atoms with E-state index in [0.29, 0.717) is 11.3 Å². The minimum absolute atomic E-state index is 0.124. The molecule has 4 aliphatic rings. The third-order valence-corrected chi connectivity index (χ3v) is 10.8. The Morgan fingerprint density at radius 3 is 2.56 bits per heavy atom. The highest BCUT2D eigenvalue weighted by atomic mass is 16.3. The maximum atomic E-state index is 11.7. The van der Waals surface area contributed by atoms with Crippen molar-refractivity contribution >= 4 is 0 Å². The van der Waals surface area contributed by atoms with Gasteiger partial charge < -0.3 is 10.2 Å². The van der Waals surface area contributed by atoms with Crippen LogP contribution in [0.25, 0.3) is 0 Å². The number of fused-ring (bicyclic) bond motifs is 5. The van der Waals surface area contributed by atoms with Gasteiger partial charge in [-0.05, 0) is 118 Å². The highest BCUT2D eigenvalue weighted by Crippen LogP contribution is 2.67. The molecule has 0 saturated heterocycles. The topological polar surface area (TPSA) is 40.5 Å². The highest BCUT2D eigenvalue weighted by molar-refractivity contribution is 5.25. The third-order valence-electron chi connectivity index (χ3n) is 10.8. The highest BCUT2D eigenvalue weighted by Gasteiger charge is 2.61. The summed E-state index contributed by atoms with van der Waals surface area (Å²) in [5.41, 5.74) is 2.95. The van der Waals surface area contributed by atoms with E-state index in [9.17, 15) is 10.2 Å². The second-order valence-corrected chi connectivity index (χ2v) is 12.5. The molecule has 0 radical (unpaired) electrons. The number of hydrogen-bond donors (Lipinski definition) is 2. The molecule has 0 unspecified atom stereocenters. The van der Waals surface area contributed by atoms with Gasteiger partial charge in [-0.25, -0.2) is 0 Å². The molecule has 2 nitrogen and oxygen atoms in total. The molecule has 0 heterocycles. The Hall–Kier alpha value is -1.12. The Kier molecular flexibility index (Phi) is 5.86. The van der Waals surface area contributed by atoms with Crippen molar-refractivity contribution in [3.8, 4) is 0 Å². The first-order chi connectivity index (χ1) is 15.2. The molecule has 32 heavy (non-hydrogen) atoms. The lowest BCUT2D eigenvalue weighted by molar-refractivity contribution is -0.105. The van der Waals surface area contributed by atoms with E-state index in [-0.39, 0.29) is 11.5 Å². The summed E-state index contributed by atoms with van der Waals surface area (Å²) in [6, 6.07) is 10.7. The summed E-state index contributed by atoms with van der Waals surface area (Å²) in [5.74, 6) is 2.70. The van der Waals surface area contributed by atoms with Crippen LogP contribution in [0.5, 0.6) is 0 Å². The molecular formula is C30H44O2. The molecule has 0 aromatic heterocycles. The van der Waals surface area contributed by atoms with Gasteiger partial charge in [0.15, 0.2) is 0 Å². The molecule has 3 fully saturated rings. The first kappa shape index (κ1) is 22.7. The predicted molar refractivity (Wildman–Crippen MR) is 131 cm³/mol. The van der Waals surface area contributed by atoms with Crippen LogP contribution in [0.3, 0.4) is 0 Å². The Morgan fingerprint density at radius 1 is 1.00 bits per heavy atom. The fourth-order valence-corrected chi connectivity index (χ4v) is 9.13. The van der Waals surface area contributed by atoms with Crippen LogP contribution < -0.4 is 0 Å². The Labute approximate surface area is 195 Å². The van der Waals surface area contributed by atoms with Crippen molar-refractivity contribution < 1.29 is 10.2 Å². The molecule has 3 saturated carbocycles. The predicted octanol–water partition coefficient (Wildman–Crippen LogP) is 6.70. The summed E-state index contributed by atoms with van der Waals surface area (Å²) < 4.78 is 0. The van der Waals surface area contributed by atoms with Gasteiger partial charge in [-0.1, -0.05) is 55.8 Å². The van der Waals surface area contributed by atoms with Gasteiger partial charge in [-0.15, -0.1) is 0 Å². The van der Waals surface area contributed by atoms with Crippen LogP contribution in [-0.4, -0.2) is 21.9 Å². The van der Waals surface area contributed by atoms with E-state index in [1.54, 1.807) is 5.57 Å². The molecule has 0 amide bonds. The largest absolute Gasteiger partial charge is 0.393 e. The number of hydrogen-bond acceptors (Lipinski definition) is 2. The molecule has 5 rings (SSSR count). The fraction of sp³-hybridized carbons (Fsp3) is 0.733. The van der Waals surface area contributed by atoms with Crippen molar-refractivity contribution in [3.05, 3.63) is 47.5 Å². The molecule has 8 atom stereocenters. The second-order valence-electron chi connectivity index (χ2n) is 12.5. The lowest BCUT2D eigenvalue weighted by atomic mass is 9.46. The lowest BCUT2D eigenvalue weighted by Gasteiger charge is -2.59. The van der Waals surface area contributed by atoms with Crippen molar-refractivity contribution in [3.63, 3.8) is 0 Å². The smallest absolute Gasteiger partial charge is 0.0653 e. The van der Waals surface area contributed by atoms with Gasteiger partial charge in [0, 0.05) is 0 Å². The van der Waals surface area contributed by atoms with E-state index in [1.165, 1.54) is 37.7 Å². The summed E-state index contributed by atoms with van der Waals surface area (Å²) in [5, 5.41) is 22.0. The number of benzene rings is 1. The van der Waals surface area contributed by atoms with Crippen LogP contribution in [-0.2, 0) is 6.42 Å². The van der Waals surface area contributed by atoms with E-state index in [2.05, 4.69) is 57.2 Å². The second kappa shape index (κ2) is 8.27. The standard InChI is InChI=1S/C30H44O2/c1-28-18-15-23(31)20-22(28)11-12-24-25-13-14-27(29(25,2)19-16-26(24)28)30(3,32)17-7-10-21-8-5-4-6-9-21/h4-6,8-9,11,23-27,31-32H,7,10,12-20H2,1-3H3/t23-,24-,25-,26-,27-,28-,29-,30-/m0/s1.